The molecule has 0 fully saturated rings. The van der Waals surface area contributed by atoms with Crippen LogP contribution < -0.4 is 5.32 Å². The first-order valence-electron chi connectivity index (χ1n) is 7.79. The first kappa shape index (κ1) is 15.1. The summed E-state index contributed by atoms with van der Waals surface area (Å²) in [5, 5.41) is 24.9. The third kappa shape index (κ3) is 2.38. The van der Waals surface area contributed by atoms with Crippen LogP contribution >= 0.6 is 23.2 Å². The van der Waals surface area contributed by atoms with Crippen LogP contribution in [0.25, 0.3) is 0 Å². The molecule has 0 amide bonds. The van der Waals surface area contributed by atoms with Crippen LogP contribution in [-0.2, 0) is 6.42 Å². The average molecular weight is 350 g/mol. The zero-order valence-corrected chi connectivity index (χ0v) is 14.0. The molecule has 4 rings (SSSR count). The summed E-state index contributed by atoms with van der Waals surface area (Å²) in [4.78, 5) is 0. The van der Waals surface area contributed by atoms with E-state index in [1.54, 1.807) is 6.07 Å². The van der Waals surface area contributed by atoms with Crippen molar-refractivity contribution in [2.45, 2.75) is 24.7 Å². The van der Waals surface area contributed by atoms with Crippen molar-refractivity contribution in [3.05, 3.63) is 56.6 Å². The van der Waals surface area contributed by atoms with Gasteiger partial charge in [-0.2, -0.15) is 0 Å². The zero-order chi connectivity index (χ0) is 16.1. The van der Waals surface area contributed by atoms with Crippen molar-refractivity contribution >= 4 is 23.2 Å². The Kier molecular flexibility index (Phi) is 3.67. The second-order valence-electron chi connectivity index (χ2n) is 6.35. The third-order valence-corrected chi connectivity index (χ3v) is 5.81. The standard InChI is InChI=1S/C18H17Cl2NO2/c19-14-4-2-9(5-15(14)20)13-8-21-7-10-1-3-11-17(10)12(13)6-16(22)18(11)23/h2,4-6,10,13,21-23H,1,3,7-8H2/t10-,13-/m1/s1. The van der Waals surface area contributed by atoms with E-state index in [0.29, 0.717) is 16.0 Å². The maximum Gasteiger partial charge on any atom is 0.160 e. The lowest BCUT2D eigenvalue weighted by Crippen LogP contribution is -2.22. The summed E-state index contributed by atoms with van der Waals surface area (Å²) >= 11 is 12.2. The van der Waals surface area contributed by atoms with Gasteiger partial charge in [0, 0.05) is 24.6 Å². The molecule has 0 saturated carbocycles. The average Bonchev–Trinajstić information content (AvgIpc) is 2.87. The lowest BCUT2D eigenvalue weighted by molar-refractivity contribution is 0.399. The highest BCUT2D eigenvalue weighted by molar-refractivity contribution is 6.42. The largest absolute Gasteiger partial charge is 0.504 e. The highest BCUT2D eigenvalue weighted by Crippen LogP contribution is 2.48. The fourth-order valence-corrected chi connectivity index (χ4v) is 4.29. The topological polar surface area (TPSA) is 52.5 Å². The van der Waals surface area contributed by atoms with E-state index in [1.165, 1.54) is 5.56 Å². The van der Waals surface area contributed by atoms with Crippen LogP contribution in [0.15, 0.2) is 24.3 Å². The molecule has 0 unspecified atom stereocenters. The van der Waals surface area contributed by atoms with Gasteiger partial charge in [-0.15, -0.1) is 0 Å². The maximum absolute atomic E-state index is 10.2. The number of phenols is 2. The number of aromatic hydroxyl groups is 2. The summed E-state index contributed by atoms with van der Waals surface area (Å²) in [6, 6.07) is 7.39. The highest BCUT2D eigenvalue weighted by Gasteiger charge is 2.34. The molecular formula is C18H17Cl2NO2. The van der Waals surface area contributed by atoms with Crippen LogP contribution in [0, 0.1) is 0 Å². The summed E-state index contributed by atoms with van der Waals surface area (Å²) in [5.41, 5.74) is 4.24. The van der Waals surface area contributed by atoms with Crippen LogP contribution in [0.1, 0.15) is 40.5 Å². The minimum atomic E-state index is -0.0358. The summed E-state index contributed by atoms with van der Waals surface area (Å²) < 4.78 is 0. The molecule has 0 spiro atoms. The predicted octanol–water partition coefficient (Wildman–Crippen LogP) is 4.17. The monoisotopic (exact) mass is 349 g/mol. The van der Waals surface area contributed by atoms with E-state index in [4.69, 9.17) is 23.2 Å². The van der Waals surface area contributed by atoms with Crippen LogP contribution in [0.4, 0.5) is 0 Å². The van der Waals surface area contributed by atoms with Gasteiger partial charge < -0.3 is 15.5 Å². The molecule has 2 aliphatic rings. The van der Waals surface area contributed by atoms with E-state index in [1.807, 2.05) is 18.2 Å². The van der Waals surface area contributed by atoms with Gasteiger partial charge in [0.2, 0.25) is 0 Å². The second kappa shape index (κ2) is 5.59. The number of hydrogen-bond acceptors (Lipinski definition) is 3. The molecule has 0 saturated heterocycles. The number of phenolic OH excluding ortho intramolecular Hbond substituents is 2. The van der Waals surface area contributed by atoms with Crippen molar-refractivity contribution in [2.75, 3.05) is 13.1 Å². The Hall–Kier alpha value is -1.42. The Bertz CT molecular complexity index is 791. The minimum Gasteiger partial charge on any atom is -0.504 e. The van der Waals surface area contributed by atoms with Crippen molar-refractivity contribution in [1.29, 1.82) is 0 Å². The Labute approximate surface area is 144 Å². The molecule has 3 nitrogen and oxygen atoms in total. The molecule has 5 heteroatoms. The molecule has 1 heterocycles. The summed E-state index contributed by atoms with van der Waals surface area (Å²) in [7, 11) is 0. The first-order valence-corrected chi connectivity index (χ1v) is 8.55. The SMILES string of the molecule is Oc1cc2c3c(c1O)CC[C@@H]3CNC[C@@H]2c1ccc(Cl)c(Cl)c1. The maximum atomic E-state index is 10.2. The van der Waals surface area contributed by atoms with Crippen molar-refractivity contribution in [3.8, 4) is 11.5 Å². The van der Waals surface area contributed by atoms with E-state index >= 15 is 0 Å². The molecular weight excluding hydrogens is 333 g/mol. The van der Waals surface area contributed by atoms with Gasteiger partial charge in [-0.25, -0.2) is 0 Å². The Balaban J connectivity index is 1.91. The van der Waals surface area contributed by atoms with Crippen molar-refractivity contribution in [1.82, 2.24) is 5.32 Å². The molecule has 0 radical (unpaired) electrons. The van der Waals surface area contributed by atoms with Crippen LogP contribution in [0.2, 0.25) is 10.0 Å². The molecule has 0 bridgehead atoms. The molecule has 0 aromatic heterocycles. The summed E-state index contributed by atoms with van der Waals surface area (Å²) in [5.74, 6) is 0.472. The molecule has 120 valence electrons. The van der Waals surface area contributed by atoms with Gasteiger partial charge in [0.25, 0.3) is 0 Å². The third-order valence-electron chi connectivity index (χ3n) is 5.07. The van der Waals surface area contributed by atoms with E-state index in [0.717, 1.165) is 42.6 Å². The van der Waals surface area contributed by atoms with E-state index in [2.05, 4.69) is 5.32 Å². The highest BCUT2D eigenvalue weighted by atomic mass is 35.5. The van der Waals surface area contributed by atoms with Crippen LogP contribution in [-0.4, -0.2) is 23.3 Å². The molecule has 3 N–H and O–H groups in total. The molecule has 1 aliphatic carbocycles. The fraction of sp³-hybridized carbons (Fsp3) is 0.333. The second-order valence-corrected chi connectivity index (χ2v) is 7.16. The Morgan fingerprint density at radius 2 is 1.87 bits per heavy atom. The minimum absolute atomic E-state index is 0.0358. The van der Waals surface area contributed by atoms with Crippen molar-refractivity contribution < 1.29 is 10.2 Å². The van der Waals surface area contributed by atoms with Crippen LogP contribution in [0.3, 0.4) is 0 Å². The van der Waals surface area contributed by atoms with E-state index in [9.17, 15) is 10.2 Å². The Morgan fingerprint density at radius 3 is 2.65 bits per heavy atom. The quantitative estimate of drug-likeness (QED) is 0.677. The van der Waals surface area contributed by atoms with Gasteiger partial charge in [0.15, 0.2) is 11.5 Å². The summed E-state index contributed by atoms with van der Waals surface area (Å²) in [6.45, 7) is 1.66. The van der Waals surface area contributed by atoms with Crippen molar-refractivity contribution in [2.24, 2.45) is 0 Å². The summed E-state index contributed by atoms with van der Waals surface area (Å²) in [6.07, 6.45) is 1.81. The molecule has 23 heavy (non-hydrogen) atoms. The smallest absolute Gasteiger partial charge is 0.160 e. The van der Waals surface area contributed by atoms with Gasteiger partial charge in [-0.05, 0) is 53.6 Å². The van der Waals surface area contributed by atoms with Gasteiger partial charge in [0.1, 0.15) is 0 Å². The number of hydrogen-bond donors (Lipinski definition) is 3. The molecule has 2 aromatic carbocycles. The van der Waals surface area contributed by atoms with Gasteiger partial charge in [-0.3, -0.25) is 0 Å². The van der Waals surface area contributed by atoms with Crippen LogP contribution in [0.5, 0.6) is 11.5 Å². The molecule has 2 atom stereocenters. The number of rotatable bonds is 1. The van der Waals surface area contributed by atoms with E-state index < -0.39 is 0 Å². The zero-order valence-electron chi connectivity index (χ0n) is 12.4. The molecule has 2 aromatic rings. The van der Waals surface area contributed by atoms with Gasteiger partial charge in [-0.1, -0.05) is 29.3 Å². The lowest BCUT2D eigenvalue weighted by Gasteiger charge is -2.21. The first-order chi connectivity index (χ1) is 11.1. The van der Waals surface area contributed by atoms with Gasteiger partial charge >= 0.3 is 0 Å². The Morgan fingerprint density at radius 1 is 1.04 bits per heavy atom. The number of nitrogens with one attached hydrogen (secondary N) is 1. The molecule has 1 aliphatic heterocycles. The lowest BCUT2D eigenvalue weighted by atomic mass is 9.85. The van der Waals surface area contributed by atoms with Crippen molar-refractivity contribution in [3.63, 3.8) is 0 Å². The fourth-order valence-electron chi connectivity index (χ4n) is 3.98. The number of benzene rings is 2. The predicted molar refractivity (Wildman–Crippen MR) is 92.0 cm³/mol. The van der Waals surface area contributed by atoms with E-state index in [-0.39, 0.29) is 17.4 Å². The normalized spacial score (nSPS) is 22.7. The van der Waals surface area contributed by atoms with Gasteiger partial charge in [0.05, 0.1) is 10.0 Å². The number of halogens is 2.